The molecule has 21 heavy (non-hydrogen) atoms. The van der Waals surface area contributed by atoms with Gasteiger partial charge in [0.1, 0.15) is 5.75 Å². The van der Waals surface area contributed by atoms with Gasteiger partial charge in [0.2, 0.25) is 0 Å². The Morgan fingerprint density at radius 3 is 2.76 bits per heavy atom. The molecule has 3 heteroatoms. The highest BCUT2D eigenvalue weighted by molar-refractivity contribution is 9.10. The maximum absolute atomic E-state index is 5.51. The fourth-order valence-corrected chi connectivity index (χ4v) is 3.45. The van der Waals surface area contributed by atoms with Gasteiger partial charge >= 0.3 is 0 Å². The normalized spacial score (nSPS) is 17.0. The van der Waals surface area contributed by atoms with Crippen molar-refractivity contribution in [1.29, 1.82) is 0 Å². The molecule has 116 valence electrons. The van der Waals surface area contributed by atoms with E-state index >= 15 is 0 Å². The van der Waals surface area contributed by atoms with E-state index in [1.165, 1.54) is 43.2 Å². The molecule has 0 unspecified atom stereocenters. The fourth-order valence-electron chi connectivity index (χ4n) is 3.07. The topological polar surface area (TPSA) is 21.3 Å². The summed E-state index contributed by atoms with van der Waals surface area (Å²) >= 11 is 3.56. The van der Waals surface area contributed by atoms with Gasteiger partial charge < -0.3 is 10.1 Å². The summed E-state index contributed by atoms with van der Waals surface area (Å²) in [6.07, 6.45) is 9.11. The van der Waals surface area contributed by atoms with Crippen molar-refractivity contribution in [2.24, 2.45) is 5.92 Å². The predicted octanol–water partition coefficient (Wildman–Crippen LogP) is 5.03. The lowest BCUT2D eigenvalue weighted by atomic mass is 9.83. The minimum absolute atomic E-state index is 0.724. The Morgan fingerprint density at radius 1 is 1.33 bits per heavy atom. The van der Waals surface area contributed by atoms with Gasteiger partial charge in [-0.3, -0.25) is 0 Å². The fraction of sp³-hybridized carbons (Fsp3) is 0.556. The van der Waals surface area contributed by atoms with E-state index in [1.807, 2.05) is 12.1 Å². The summed E-state index contributed by atoms with van der Waals surface area (Å²) in [5.74, 6) is 1.67. The van der Waals surface area contributed by atoms with Crippen LogP contribution in [0.5, 0.6) is 5.75 Å². The second-order valence-electron chi connectivity index (χ2n) is 5.72. The molecule has 1 aromatic rings. The Balaban J connectivity index is 2.27. The molecule has 0 spiro atoms. The van der Waals surface area contributed by atoms with Crippen molar-refractivity contribution < 1.29 is 4.74 Å². The van der Waals surface area contributed by atoms with E-state index in [4.69, 9.17) is 4.74 Å². The largest absolute Gasteiger partial charge is 0.496 e. The first-order valence-electron chi connectivity index (χ1n) is 7.99. The zero-order valence-corrected chi connectivity index (χ0v) is 14.7. The molecule has 1 aliphatic rings. The van der Waals surface area contributed by atoms with Crippen LogP contribution in [0.1, 0.15) is 44.6 Å². The first-order chi connectivity index (χ1) is 10.2. The van der Waals surface area contributed by atoms with E-state index in [1.54, 1.807) is 7.11 Å². The van der Waals surface area contributed by atoms with Crippen LogP contribution in [-0.2, 0) is 0 Å². The summed E-state index contributed by atoms with van der Waals surface area (Å²) in [5.41, 5.74) is 2.69. The molecule has 2 rings (SSSR count). The van der Waals surface area contributed by atoms with E-state index in [9.17, 15) is 0 Å². The first kappa shape index (κ1) is 16.6. The van der Waals surface area contributed by atoms with Crippen LogP contribution in [-0.4, -0.2) is 20.2 Å². The minimum atomic E-state index is 0.724. The Morgan fingerprint density at radius 2 is 2.10 bits per heavy atom. The van der Waals surface area contributed by atoms with E-state index in [2.05, 4.69) is 40.3 Å². The molecule has 0 bridgehead atoms. The molecule has 0 saturated heterocycles. The Kier molecular flexibility index (Phi) is 6.78. The summed E-state index contributed by atoms with van der Waals surface area (Å²) in [6.45, 7) is 4.16. The van der Waals surface area contributed by atoms with E-state index < -0.39 is 0 Å². The van der Waals surface area contributed by atoms with Crippen LogP contribution in [0.2, 0.25) is 0 Å². The SMILES string of the molecule is CCNC/C(=C/c1cc(Br)ccc1OC)C1CCCCC1. The van der Waals surface area contributed by atoms with Crippen LogP contribution in [0.4, 0.5) is 0 Å². The van der Waals surface area contributed by atoms with Crippen molar-refractivity contribution >= 4 is 22.0 Å². The number of methoxy groups -OCH3 is 1. The van der Waals surface area contributed by atoms with Gasteiger partial charge in [-0.1, -0.05) is 53.8 Å². The van der Waals surface area contributed by atoms with Crippen LogP contribution in [0.3, 0.4) is 0 Å². The molecule has 1 saturated carbocycles. The molecule has 1 aromatic carbocycles. The zero-order chi connectivity index (χ0) is 15.1. The molecule has 0 aliphatic heterocycles. The third-order valence-corrected chi connectivity index (χ3v) is 4.73. The molecule has 1 aliphatic carbocycles. The lowest BCUT2D eigenvalue weighted by Gasteiger charge is -2.25. The molecule has 1 fully saturated rings. The summed E-state index contributed by atoms with van der Waals surface area (Å²) in [4.78, 5) is 0. The summed E-state index contributed by atoms with van der Waals surface area (Å²) in [5, 5.41) is 3.50. The van der Waals surface area contributed by atoms with Gasteiger partial charge in [0.15, 0.2) is 0 Å². The second-order valence-corrected chi connectivity index (χ2v) is 6.64. The van der Waals surface area contributed by atoms with Crippen molar-refractivity contribution in [3.8, 4) is 5.75 Å². The summed E-state index contributed by atoms with van der Waals surface area (Å²) in [7, 11) is 1.74. The quantitative estimate of drug-likeness (QED) is 0.775. The van der Waals surface area contributed by atoms with Crippen LogP contribution in [0.25, 0.3) is 6.08 Å². The highest BCUT2D eigenvalue weighted by atomic mass is 79.9. The zero-order valence-electron chi connectivity index (χ0n) is 13.1. The van der Waals surface area contributed by atoms with Gasteiger partial charge in [0.05, 0.1) is 7.11 Å². The Bertz CT molecular complexity index is 478. The van der Waals surface area contributed by atoms with Crippen LogP contribution >= 0.6 is 15.9 Å². The van der Waals surface area contributed by atoms with E-state index in [0.717, 1.165) is 29.2 Å². The average molecular weight is 352 g/mol. The van der Waals surface area contributed by atoms with Crippen LogP contribution < -0.4 is 10.1 Å². The number of ether oxygens (including phenoxy) is 1. The monoisotopic (exact) mass is 351 g/mol. The van der Waals surface area contributed by atoms with Gasteiger partial charge in [-0.15, -0.1) is 0 Å². The van der Waals surface area contributed by atoms with Crippen molar-refractivity contribution in [3.05, 3.63) is 33.8 Å². The molecule has 0 heterocycles. The predicted molar refractivity (Wildman–Crippen MR) is 93.8 cm³/mol. The smallest absolute Gasteiger partial charge is 0.126 e. The van der Waals surface area contributed by atoms with Gasteiger partial charge in [0.25, 0.3) is 0 Å². The molecule has 0 radical (unpaired) electrons. The molecule has 1 N–H and O–H groups in total. The highest BCUT2D eigenvalue weighted by Gasteiger charge is 2.18. The lowest BCUT2D eigenvalue weighted by Crippen LogP contribution is -2.22. The third kappa shape index (κ3) is 4.86. The number of halogens is 1. The number of hydrogen-bond acceptors (Lipinski definition) is 2. The minimum Gasteiger partial charge on any atom is -0.496 e. The maximum atomic E-state index is 5.51. The summed E-state index contributed by atoms with van der Waals surface area (Å²) in [6, 6.07) is 6.20. The standard InChI is InChI=1S/C18H26BrNO/c1-3-20-13-16(14-7-5-4-6-8-14)11-15-12-17(19)9-10-18(15)21-2/h9-12,14,20H,3-8,13H2,1-2H3/b16-11-. The Labute approximate surface area is 137 Å². The van der Waals surface area contributed by atoms with E-state index in [-0.39, 0.29) is 0 Å². The van der Waals surface area contributed by atoms with Gasteiger partial charge in [-0.25, -0.2) is 0 Å². The van der Waals surface area contributed by atoms with E-state index in [0.29, 0.717) is 0 Å². The molecular formula is C18H26BrNO. The number of rotatable bonds is 6. The van der Waals surface area contributed by atoms with Crippen molar-refractivity contribution in [3.63, 3.8) is 0 Å². The van der Waals surface area contributed by atoms with Crippen molar-refractivity contribution in [1.82, 2.24) is 5.32 Å². The van der Waals surface area contributed by atoms with Crippen molar-refractivity contribution in [2.45, 2.75) is 39.0 Å². The molecule has 0 aromatic heterocycles. The molecular weight excluding hydrogens is 326 g/mol. The van der Waals surface area contributed by atoms with Crippen molar-refractivity contribution in [2.75, 3.05) is 20.2 Å². The van der Waals surface area contributed by atoms with Crippen LogP contribution in [0.15, 0.2) is 28.2 Å². The Hall–Kier alpha value is -0.800. The molecule has 0 amide bonds. The average Bonchev–Trinajstić information content (AvgIpc) is 2.52. The van der Waals surface area contributed by atoms with Crippen LogP contribution in [0, 0.1) is 5.92 Å². The number of likely N-dealkylation sites (N-methyl/N-ethyl adjacent to an activating group) is 1. The van der Waals surface area contributed by atoms with Gasteiger partial charge in [-0.2, -0.15) is 0 Å². The highest BCUT2D eigenvalue weighted by Crippen LogP contribution is 2.32. The van der Waals surface area contributed by atoms with Gasteiger partial charge in [0, 0.05) is 16.6 Å². The first-order valence-corrected chi connectivity index (χ1v) is 8.78. The number of hydrogen-bond donors (Lipinski definition) is 1. The molecule has 2 nitrogen and oxygen atoms in total. The lowest BCUT2D eigenvalue weighted by molar-refractivity contribution is 0.396. The summed E-state index contributed by atoms with van der Waals surface area (Å²) < 4.78 is 6.61. The number of nitrogens with one attached hydrogen (secondary N) is 1. The third-order valence-electron chi connectivity index (χ3n) is 4.24. The maximum Gasteiger partial charge on any atom is 0.126 e. The molecule has 0 atom stereocenters. The second kappa shape index (κ2) is 8.60. The number of benzene rings is 1. The van der Waals surface area contributed by atoms with Gasteiger partial charge in [-0.05, 0) is 43.5 Å².